The lowest BCUT2D eigenvalue weighted by molar-refractivity contribution is 0.682. The zero-order valence-electron chi connectivity index (χ0n) is 7.67. The third kappa shape index (κ3) is 2.14. The molecule has 0 saturated carbocycles. The van der Waals surface area contributed by atoms with Gasteiger partial charge in [0.25, 0.3) is 0 Å². The summed E-state index contributed by atoms with van der Waals surface area (Å²) in [6.07, 6.45) is 0.732. The Balaban J connectivity index is 2.05. The van der Waals surface area contributed by atoms with Gasteiger partial charge in [-0.2, -0.15) is 0 Å². The van der Waals surface area contributed by atoms with Crippen LogP contribution in [0.1, 0.15) is 22.4 Å². The lowest BCUT2D eigenvalue weighted by Crippen LogP contribution is -2.14. The number of thiazole rings is 1. The third-order valence-corrected chi connectivity index (χ3v) is 3.20. The predicted octanol–water partition coefficient (Wildman–Crippen LogP) is 1.55. The number of aromatic nitrogens is 3. The van der Waals surface area contributed by atoms with Gasteiger partial charge in [0, 0.05) is 17.2 Å². The van der Waals surface area contributed by atoms with E-state index in [0.29, 0.717) is 0 Å². The Labute approximate surface area is 90.0 Å². The molecule has 0 aliphatic heterocycles. The highest BCUT2D eigenvalue weighted by atomic mass is 32.1. The van der Waals surface area contributed by atoms with Crippen molar-refractivity contribution in [1.82, 2.24) is 14.6 Å². The summed E-state index contributed by atoms with van der Waals surface area (Å²) in [4.78, 5) is 4.35. The first kappa shape index (κ1) is 9.70. The number of nitrogens with two attached hydrogens (primary N) is 1. The van der Waals surface area contributed by atoms with E-state index in [2.05, 4.69) is 14.6 Å². The molecule has 14 heavy (non-hydrogen) atoms. The zero-order chi connectivity index (χ0) is 9.97. The van der Waals surface area contributed by atoms with Crippen LogP contribution in [0, 0.1) is 6.92 Å². The van der Waals surface area contributed by atoms with E-state index in [-0.39, 0.29) is 6.04 Å². The van der Waals surface area contributed by atoms with Crippen LogP contribution in [-0.2, 0) is 6.42 Å². The van der Waals surface area contributed by atoms with Gasteiger partial charge in [-0.15, -0.1) is 16.4 Å². The van der Waals surface area contributed by atoms with Crippen LogP contribution >= 0.6 is 22.9 Å². The van der Waals surface area contributed by atoms with Crippen molar-refractivity contribution in [2.24, 2.45) is 5.73 Å². The molecule has 2 rings (SSSR count). The first-order valence-corrected chi connectivity index (χ1v) is 5.91. The molecule has 0 aliphatic carbocycles. The normalized spacial score (nSPS) is 13.0. The lowest BCUT2D eigenvalue weighted by Gasteiger charge is -2.04. The maximum atomic E-state index is 5.95. The molecule has 2 aromatic rings. The quantitative estimate of drug-likeness (QED) is 0.862. The average Bonchev–Trinajstić information content (AvgIpc) is 2.75. The lowest BCUT2D eigenvalue weighted by atomic mass is 10.1. The monoisotopic (exact) mass is 226 g/mol. The molecular formula is C8H10N4S2. The minimum absolute atomic E-state index is 0.0877. The Hall–Kier alpha value is -0.850. The Bertz CT molecular complexity index is 395. The zero-order valence-corrected chi connectivity index (χ0v) is 9.31. The molecule has 0 aromatic carbocycles. The fourth-order valence-electron chi connectivity index (χ4n) is 1.17. The van der Waals surface area contributed by atoms with Crippen LogP contribution in [0.4, 0.5) is 0 Å². The molecule has 0 radical (unpaired) electrons. The molecule has 6 heteroatoms. The van der Waals surface area contributed by atoms with E-state index in [1.807, 2.05) is 17.7 Å². The molecule has 0 aliphatic rings. The van der Waals surface area contributed by atoms with Gasteiger partial charge in [0.1, 0.15) is 0 Å². The van der Waals surface area contributed by atoms with Crippen LogP contribution < -0.4 is 5.73 Å². The van der Waals surface area contributed by atoms with Crippen LogP contribution in [0.2, 0.25) is 0 Å². The minimum Gasteiger partial charge on any atom is -0.322 e. The topological polar surface area (TPSA) is 64.7 Å². The van der Waals surface area contributed by atoms with Gasteiger partial charge in [0.05, 0.1) is 22.4 Å². The van der Waals surface area contributed by atoms with Gasteiger partial charge in [-0.1, -0.05) is 4.49 Å². The second-order valence-electron chi connectivity index (χ2n) is 3.00. The minimum atomic E-state index is -0.0877. The first-order chi connectivity index (χ1) is 6.75. The van der Waals surface area contributed by atoms with Crippen molar-refractivity contribution in [3.05, 3.63) is 27.2 Å². The smallest absolute Gasteiger partial charge is 0.0926 e. The molecule has 0 bridgehead atoms. The molecule has 0 fully saturated rings. The van der Waals surface area contributed by atoms with E-state index >= 15 is 0 Å². The van der Waals surface area contributed by atoms with Crippen molar-refractivity contribution in [3.63, 3.8) is 0 Å². The highest BCUT2D eigenvalue weighted by molar-refractivity contribution is 7.09. The van der Waals surface area contributed by atoms with Gasteiger partial charge in [-0.05, 0) is 18.5 Å². The van der Waals surface area contributed by atoms with Crippen molar-refractivity contribution < 1.29 is 0 Å². The summed E-state index contributed by atoms with van der Waals surface area (Å²) in [7, 11) is 0. The molecule has 2 N–H and O–H groups in total. The molecule has 1 unspecified atom stereocenters. The number of hydrogen-bond donors (Lipinski definition) is 1. The van der Waals surface area contributed by atoms with Crippen LogP contribution in [0.3, 0.4) is 0 Å². The number of rotatable bonds is 3. The highest BCUT2D eigenvalue weighted by Crippen LogP contribution is 2.16. The Kier molecular flexibility index (Phi) is 2.85. The molecule has 0 spiro atoms. The van der Waals surface area contributed by atoms with Crippen LogP contribution in [0.5, 0.6) is 0 Å². The van der Waals surface area contributed by atoms with Crippen molar-refractivity contribution in [2.45, 2.75) is 19.4 Å². The van der Waals surface area contributed by atoms with Crippen molar-refractivity contribution in [1.29, 1.82) is 0 Å². The summed E-state index contributed by atoms with van der Waals surface area (Å²) in [6, 6.07) is -0.0877. The van der Waals surface area contributed by atoms with Crippen molar-refractivity contribution in [2.75, 3.05) is 0 Å². The second-order valence-corrected chi connectivity index (χ2v) is 4.67. The van der Waals surface area contributed by atoms with Crippen LogP contribution in [0.25, 0.3) is 0 Å². The van der Waals surface area contributed by atoms with Crippen LogP contribution in [0.15, 0.2) is 10.8 Å². The molecule has 2 aromatic heterocycles. The summed E-state index contributed by atoms with van der Waals surface area (Å²) in [5.74, 6) is 0. The molecule has 2 heterocycles. The Morgan fingerprint density at radius 2 is 2.36 bits per heavy atom. The number of nitrogens with zero attached hydrogens (tertiary/aromatic N) is 3. The van der Waals surface area contributed by atoms with Gasteiger partial charge in [0.15, 0.2) is 0 Å². The van der Waals surface area contributed by atoms with E-state index in [0.717, 1.165) is 22.8 Å². The van der Waals surface area contributed by atoms with E-state index in [4.69, 9.17) is 5.73 Å². The third-order valence-electron chi connectivity index (χ3n) is 1.85. The predicted molar refractivity (Wildman–Crippen MR) is 57.4 cm³/mol. The number of hydrogen-bond acceptors (Lipinski definition) is 6. The van der Waals surface area contributed by atoms with E-state index in [1.165, 1.54) is 11.5 Å². The van der Waals surface area contributed by atoms with Gasteiger partial charge in [-0.25, -0.2) is 4.98 Å². The first-order valence-electron chi connectivity index (χ1n) is 4.19. The maximum Gasteiger partial charge on any atom is 0.0926 e. The van der Waals surface area contributed by atoms with Gasteiger partial charge in [0.2, 0.25) is 0 Å². The summed E-state index contributed by atoms with van der Waals surface area (Å²) < 4.78 is 3.78. The van der Waals surface area contributed by atoms with E-state index in [9.17, 15) is 0 Å². The Morgan fingerprint density at radius 1 is 1.50 bits per heavy atom. The average molecular weight is 226 g/mol. The second kappa shape index (κ2) is 4.12. The van der Waals surface area contributed by atoms with Crippen molar-refractivity contribution in [3.8, 4) is 0 Å². The Morgan fingerprint density at radius 3 is 2.93 bits per heavy atom. The van der Waals surface area contributed by atoms with Gasteiger partial charge in [-0.3, -0.25) is 0 Å². The molecule has 0 saturated heterocycles. The number of aryl methyl sites for hydroxylation is 1. The fourth-order valence-corrected chi connectivity index (χ4v) is 2.31. The summed E-state index contributed by atoms with van der Waals surface area (Å²) in [5.41, 5.74) is 7.83. The maximum absolute atomic E-state index is 5.95. The van der Waals surface area contributed by atoms with Crippen LogP contribution in [-0.4, -0.2) is 14.6 Å². The van der Waals surface area contributed by atoms with Gasteiger partial charge < -0.3 is 5.73 Å². The fraction of sp³-hybridized carbons (Fsp3) is 0.375. The largest absolute Gasteiger partial charge is 0.322 e. The molecular weight excluding hydrogens is 216 g/mol. The van der Waals surface area contributed by atoms with E-state index < -0.39 is 0 Å². The van der Waals surface area contributed by atoms with Crippen molar-refractivity contribution >= 4 is 22.9 Å². The van der Waals surface area contributed by atoms with E-state index in [1.54, 1.807) is 11.3 Å². The molecule has 4 nitrogen and oxygen atoms in total. The summed E-state index contributed by atoms with van der Waals surface area (Å²) in [6.45, 7) is 1.99. The summed E-state index contributed by atoms with van der Waals surface area (Å²) in [5, 5.41) is 8.93. The molecule has 0 amide bonds. The molecule has 74 valence electrons. The SMILES string of the molecule is Cc1nc(CC(N)c2csnn2)cs1. The molecule has 1 atom stereocenters. The van der Waals surface area contributed by atoms with Gasteiger partial charge >= 0.3 is 0 Å². The summed E-state index contributed by atoms with van der Waals surface area (Å²) >= 11 is 2.97. The standard InChI is InChI=1S/C8H10N4S2/c1-5-10-6(3-13-5)2-7(9)8-4-14-12-11-8/h3-4,7H,2,9H2,1H3. The highest BCUT2D eigenvalue weighted by Gasteiger charge is 2.11.